The molecule has 2 heterocycles. The molecule has 0 saturated carbocycles. The molecular formula is C12H17N3O. The molecule has 4 nitrogen and oxygen atoms in total. The van der Waals surface area contributed by atoms with Crippen LogP contribution in [0.25, 0.3) is 0 Å². The molecule has 1 aliphatic carbocycles. The van der Waals surface area contributed by atoms with Gasteiger partial charge < -0.3 is 10.0 Å². The highest BCUT2D eigenvalue weighted by atomic mass is 16.3. The number of hydrogen-bond acceptors (Lipinski definition) is 4. The molecule has 3 rings (SSSR count). The Balaban J connectivity index is 1.87. The number of fused-ring (bicyclic) bond motifs is 1. The zero-order valence-electron chi connectivity index (χ0n) is 9.39. The van der Waals surface area contributed by atoms with Gasteiger partial charge in [-0.2, -0.15) is 0 Å². The van der Waals surface area contributed by atoms with E-state index >= 15 is 0 Å². The number of aliphatic hydroxyl groups excluding tert-OH is 1. The van der Waals surface area contributed by atoms with Gasteiger partial charge in [0.1, 0.15) is 12.1 Å². The lowest BCUT2D eigenvalue weighted by atomic mass is 10.1. The molecule has 86 valence electrons. The summed E-state index contributed by atoms with van der Waals surface area (Å²) in [6, 6.07) is 0. The van der Waals surface area contributed by atoms with Crippen molar-refractivity contribution in [1.29, 1.82) is 0 Å². The van der Waals surface area contributed by atoms with E-state index in [0.29, 0.717) is 0 Å². The van der Waals surface area contributed by atoms with Gasteiger partial charge in [-0.25, -0.2) is 9.97 Å². The van der Waals surface area contributed by atoms with Crippen molar-refractivity contribution in [3.8, 4) is 0 Å². The maximum atomic E-state index is 9.51. The van der Waals surface area contributed by atoms with E-state index in [-0.39, 0.29) is 6.10 Å². The first-order valence-electron chi connectivity index (χ1n) is 6.10. The standard InChI is InChI=1S/C12H17N3O/c16-9-4-6-15(7-5-9)12-10-2-1-3-11(10)13-8-14-12/h8-9,16H,1-7H2. The van der Waals surface area contributed by atoms with Crippen LogP contribution in [-0.4, -0.2) is 34.3 Å². The largest absolute Gasteiger partial charge is 0.393 e. The van der Waals surface area contributed by atoms with Gasteiger partial charge in [-0.15, -0.1) is 0 Å². The van der Waals surface area contributed by atoms with Crippen LogP contribution in [0.4, 0.5) is 5.82 Å². The number of hydrogen-bond donors (Lipinski definition) is 1. The maximum Gasteiger partial charge on any atom is 0.135 e. The molecule has 0 atom stereocenters. The van der Waals surface area contributed by atoms with Crippen LogP contribution >= 0.6 is 0 Å². The minimum absolute atomic E-state index is 0.119. The molecule has 0 unspecified atom stereocenters. The van der Waals surface area contributed by atoms with E-state index in [1.807, 2.05) is 0 Å². The second-order valence-corrected chi connectivity index (χ2v) is 4.69. The van der Waals surface area contributed by atoms with Gasteiger partial charge in [0.15, 0.2) is 0 Å². The van der Waals surface area contributed by atoms with Crippen molar-refractivity contribution >= 4 is 5.82 Å². The van der Waals surface area contributed by atoms with Gasteiger partial charge in [0.05, 0.1) is 6.10 Å². The van der Waals surface area contributed by atoms with Crippen molar-refractivity contribution in [2.75, 3.05) is 18.0 Å². The summed E-state index contributed by atoms with van der Waals surface area (Å²) in [4.78, 5) is 11.1. The molecule has 0 radical (unpaired) electrons. The lowest BCUT2D eigenvalue weighted by Gasteiger charge is -2.31. The summed E-state index contributed by atoms with van der Waals surface area (Å²) in [5.74, 6) is 1.12. The highest BCUT2D eigenvalue weighted by Crippen LogP contribution is 2.29. The number of rotatable bonds is 1. The Labute approximate surface area is 95.3 Å². The molecule has 1 aliphatic heterocycles. The smallest absolute Gasteiger partial charge is 0.135 e. The average Bonchev–Trinajstić information content (AvgIpc) is 2.78. The molecule has 1 N–H and O–H groups in total. The lowest BCUT2D eigenvalue weighted by Crippen LogP contribution is -2.37. The topological polar surface area (TPSA) is 49.2 Å². The number of aliphatic hydroxyl groups is 1. The van der Waals surface area contributed by atoms with Crippen molar-refractivity contribution in [2.24, 2.45) is 0 Å². The molecule has 1 aromatic heterocycles. The van der Waals surface area contributed by atoms with Crippen LogP contribution in [0, 0.1) is 0 Å². The van der Waals surface area contributed by atoms with Gasteiger partial charge in [0, 0.05) is 24.3 Å². The molecule has 1 fully saturated rings. The monoisotopic (exact) mass is 219 g/mol. The molecule has 2 aliphatic rings. The summed E-state index contributed by atoms with van der Waals surface area (Å²) in [6.45, 7) is 1.84. The molecule has 16 heavy (non-hydrogen) atoms. The van der Waals surface area contributed by atoms with E-state index in [0.717, 1.165) is 44.6 Å². The van der Waals surface area contributed by atoms with Crippen LogP contribution in [0.1, 0.15) is 30.5 Å². The van der Waals surface area contributed by atoms with Crippen LogP contribution < -0.4 is 4.90 Å². The molecule has 1 saturated heterocycles. The predicted octanol–water partition coefficient (Wildman–Crippen LogP) is 0.926. The van der Waals surface area contributed by atoms with E-state index in [2.05, 4.69) is 14.9 Å². The fourth-order valence-electron chi connectivity index (χ4n) is 2.69. The highest BCUT2D eigenvalue weighted by molar-refractivity contribution is 5.50. The van der Waals surface area contributed by atoms with Crippen molar-refractivity contribution in [3.05, 3.63) is 17.6 Å². The minimum Gasteiger partial charge on any atom is -0.393 e. The third kappa shape index (κ3) is 1.67. The zero-order chi connectivity index (χ0) is 11.0. The molecular weight excluding hydrogens is 202 g/mol. The van der Waals surface area contributed by atoms with Gasteiger partial charge in [0.25, 0.3) is 0 Å². The third-order valence-electron chi connectivity index (χ3n) is 3.62. The van der Waals surface area contributed by atoms with E-state index in [9.17, 15) is 5.11 Å². The Morgan fingerprint density at radius 3 is 2.81 bits per heavy atom. The zero-order valence-corrected chi connectivity index (χ0v) is 9.39. The minimum atomic E-state index is -0.119. The second-order valence-electron chi connectivity index (χ2n) is 4.69. The number of nitrogens with zero attached hydrogens (tertiary/aromatic N) is 3. The first-order chi connectivity index (χ1) is 7.84. The first kappa shape index (κ1) is 10.0. The maximum absolute atomic E-state index is 9.51. The molecule has 0 amide bonds. The second kappa shape index (κ2) is 4.01. The summed E-state index contributed by atoms with van der Waals surface area (Å²) in [5, 5.41) is 9.51. The fraction of sp³-hybridized carbons (Fsp3) is 0.667. The summed E-state index contributed by atoms with van der Waals surface area (Å²) in [5.41, 5.74) is 2.58. The van der Waals surface area contributed by atoms with E-state index in [1.54, 1.807) is 6.33 Å². The van der Waals surface area contributed by atoms with E-state index in [1.165, 1.54) is 17.7 Å². The van der Waals surface area contributed by atoms with Gasteiger partial charge in [-0.1, -0.05) is 0 Å². The lowest BCUT2D eigenvalue weighted by molar-refractivity contribution is 0.145. The Morgan fingerprint density at radius 1 is 1.19 bits per heavy atom. The Morgan fingerprint density at radius 2 is 2.00 bits per heavy atom. The molecule has 0 bridgehead atoms. The number of anilines is 1. The number of piperidine rings is 1. The van der Waals surface area contributed by atoms with Gasteiger partial charge >= 0.3 is 0 Å². The quantitative estimate of drug-likeness (QED) is 0.763. The Hall–Kier alpha value is -1.16. The van der Waals surface area contributed by atoms with Crippen molar-refractivity contribution < 1.29 is 5.11 Å². The van der Waals surface area contributed by atoms with Crippen LogP contribution in [0.5, 0.6) is 0 Å². The molecule has 1 aromatic rings. The Bertz CT molecular complexity index is 386. The average molecular weight is 219 g/mol. The van der Waals surface area contributed by atoms with Crippen molar-refractivity contribution in [2.45, 2.75) is 38.2 Å². The summed E-state index contributed by atoms with van der Waals surface area (Å²) < 4.78 is 0. The highest BCUT2D eigenvalue weighted by Gasteiger charge is 2.24. The predicted molar refractivity (Wildman–Crippen MR) is 61.5 cm³/mol. The molecule has 0 spiro atoms. The number of aromatic nitrogens is 2. The van der Waals surface area contributed by atoms with Crippen LogP contribution in [0.2, 0.25) is 0 Å². The van der Waals surface area contributed by atoms with Gasteiger partial charge in [-0.05, 0) is 32.1 Å². The van der Waals surface area contributed by atoms with E-state index in [4.69, 9.17) is 0 Å². The van der Waals surface area contributed by atoms with Crippen LogP contribution in [0.15, 0.2) is 6.33 Å². The normalized spacial score (nSPS) is 21.2. The fourth-order valence-corrected chi connectivity index (χ4v) is 2.69. The van der Waals surface area contributed by atoms with Crippen molar-refractivity contribution in [3.63, 3.8) is 0 Å². The van der Waals surface area contributed by atoms with Gasteiger partial charge in [-0.3, -0.25) is 0 Å². The molecule has 4 heteroatoms. The SMILES string of the molecule is OC1CCN(c2ncnc3c2CCC3)CC1. The van der Waals surface area contributed by atoms with Gasteiger partial charge in [0.2, 0.25) is 0 Å². The molecule has 0 aromatic carbocycles. The van der Waals surface area contributed by atoms with Crippen LogP contribution in [-0.2, 0) is 12.8 Å². The number of aryl methyl sites for hydroxylation is 1. The van der Waals surface area contributed by atoms with E-state index < -0.39 is 0 Å². The summed E-state index contributed by atoms with van der Waals surface area (Å²) in [7, 11) is 0. The van der Waals surface area contributed by atoms with Crippen LogP contribution in [0.3, 0.4) is 0 Å². The van der Waals surface area contributed by atoms with Crippen molar-refractivity contribution in [1.82, 2.24) is 9.97 Å². The first-order valence-corrected chi connectivity index (χ1v) is 6.10. The summed E-state index contributed by atoms with van der Waals surface area (Å²) >= 11 is 0. The Kier molecular flexibility index (Phi) is 2.52. The summed E-state index contributed by atoms with van der Waals surface area (Å²) in [6.07, 6.45) is 6.71. The third-order valence-corrected chi connectivity index (χ3v) is 3.62.